The summed E-state index contributed by atoms with van der Waals surface area (Å²) < 4.78 is 25.4. The molecule has 80 valence electrons. The van der Waals surface area contributed by atoms with Gasteiger partial charge in [-0.1, -0.05) is 15.9 Å². The summed E-state index contributed by atoms with van der Waals surface area (Å²) in [5.41, 5.74) is 1.43. The lowest BCUT2D eigenvalue weighted by Gasteiger charge is -2.04. The van der Waals surface area contributed by atoms with Gasteiger partial charge in [0.1, 0.15) is 0 Å². The van der Waals surface area contributed by atoms with Gasteiger partial charge in [-0.05, 0) is 18.2 Å². The lowest BCUT2D eigenvalue weighted by molar-refractivity contribution is 0.607. The van der Waals surface area contributed by atoms with Crippen LogP contribution in [0.4, 0.5) is 5.69 Å². The number of aromatic amines is 1. The molecule has 0 spiro atoms. The first-order chi connectivity index (χ1) is 6.96. The molecule has 0 bridgehead atoms. The van der Waals surface area contributed by atoms with Gasteiger partial charge in [0.25, 0.3) is 0 Å². The Morgan fingerprint density at radius 1 is 1.40 bits per heavy atom. The molecule has 1 heterocycles. The molecule has 0 unspecified atom stereocenters. The molecule has 2 N–H and O–H groups in total. The van der Waals surface area contributed by atoms with Gasteiger partial charge in [0.05, 0.1) is 11.9 Å². The van der Waals surface area contributed by atoms with E-state index in [-0.39, 0.29) is 0 Å². The van der Waals surface area contributed by atoms with Crippen molar-refractivity contribution in [3.8, 4) is 0 Å². The average Bonchev–Trinajstić information content (AvgIpc) is 2.48. The van der Waals surface area contributed by atoms with E-state index in [0.717, 1.165) is 21.6 Å². The molecule has 0 amide bonds. The van der Waals surface area contributed by atoms with E-state index in [0.29, 0.717) is 5.69 Å². The highest BCUT2D eigenvalue weighted by atomic mass is 79.9. The molecular weight excluding hydrogens is 280 g/mol. The van der Waals surface area contributed by atoms with Crippen molar-refractivity contribution in [2.24, 2.45) is 0 Å². The van der Waals surface area contributed by atoms with E-state index < -0.39 is 10.0 Å². The number of hydrogen-bond donors (Lipinski definition) is 2. The number of nitrogens with one attached hydrogen (secondary N) is 2. The van der Waals surface area contributed by atoms with Crippen molar-refractivity contribution in [2.75, 3.05) is 11.0 Å². The molecule has 0 aliphatic rings. The fourth-order valence-corrected chi connectivity index (χ4v) is 2.53. The van der Waals surface area contributed by atoms with Crippen LogP contribution in [0.25, 0.3) is 10.9 Å². The molecule has 2 rings (SSSR count). The number of benzene rings is 1. The minimum absolute atomic E-state index is 0.541. The van der Waals surface area contributed by atoms with Crippen LogP contribution in [-0.2, 0) is 10.0 Å². The average molecular weight is 289 g/mol. The predicted octanol–water partition coefficient (Wildman–Crippen LogP) is 2.30. The van der Waals surface area contributed by atoms with E-state index in [1.165, 1.54) is 0 Å². The summed E-state index contributed by atoms with van der Waals surface area (Å²) in [7, 11) is -3.23. The van der Waals surface area contributed by atoms with Gasteiger partial charge in [-0.3, -0.25) is 4.72 Å². The van der Waals surface area contributed by atoms with Crippen LogP contribution in [0.5, 0.6) is 0 Å². The van der Waals surface area contributed by atoms with Crippen molar-refractivity contribution in [1.29, 1.82) is 0 Å². The lowest BCUT2D eigenvalue weighted by Crippen LogP contribution is -2.09. The number of H-pyrrole nitrogens is 1. The van der Waals surface area contributed by atoms with Crippen molar-refractivity contribution in [3.05, 3.63) is 28.9 Å². The summed E-state index contributed by atoms with van der Waals surface area (Å²) in [6.45, 7) is 0. The minimum Gasteiger partial charge on any atom is -0.361 e. The standard InChI is InChI=1S/C9H9BrN2O2S/c1-15(13,14)12-6-4-8(10)7-2-3-11-9(7)5-6/h2-5,11-12H,1H3. The van der Waals surface area contributed by atoms with Gasteiger partial charge in [-0.25, -0.2) is 8.42 Å². The summed E-state index contributed by atoms with van der Waals surface area (Å²) in [6, 6.07) is 5.40. The third-order valence-electron chi connectivity index (χ3n) is 1.92. The Kier molecular flexibility index (Phi) is 2.47. The molecular formula is C9H9BrN2O2S. The molecule has 1 aromatic heterocycles. The van der Waals surface area contributed by atoms with Gasteiger partial charge >= 0.3 is 0 Å². The number of hydrogen-bond acceptors (Lipinski definition) is 2. The maximum absolute atomic E-state index is 11.0. The van der Waals surface area contributed by atoms with Crippen LogP contribution in [0, 0.1) is 0 Å². The first-order valence-electron chi connectivity index (χ1n) is 4.20. The van der Waals surface area contributed by atoms with Crippen LogP contribution in [-0.4, -0.2) is 19.7 Å². The molecule has 0 saturated heterocycles. The molecule has 0 fully saturated rings. The Hall–Kier alpha value is -1.01. The van der Waals surface area contributed by atoms with Crippen LogP contribution < -0.4 is 4.72 Å². The van der Waals surface area contributed by atoms with Gasteiger partial charge in [0, 0.05) is 21.6 Å². The van der Waals surface area contributed by atoms with Crippen molar-refractivity contribution in [2.45, 2.75) is 0 Å². The second-order valence-corrected chi connectivity index (χ2v) is 5.87. The predicted molar refractivity (Wildman–Crippen MR) is 64.5 cm³/mol. The number of rotatable bonds is 2. The molecule has 0 saturated carbocycles. The third-order valence-corrected chi connectivity index (χ3v) is 3.18. The molecule has 0 radical (unpaired) electrons. The fraction of sp³-hybridized carbons (Fsp3) is 0.111. The summed E-state index contributed by atoms with van der Waals surface area (Å²) in [5.74, 6) is 0. The highest BCUT2D eigenvalue weighted by Gasteiger charge is 2.06. The van der Waals surface area contributed by atoms with Crippen LogP contribution in [0.3, 0.4) is 0 Å². The van der Waals surface area contributed by atoms with Crippen molar-refractivity contribution in [1.82, 2.24) is 4.98 Å². The first kappa shape index (κ1) is 10.5. The fourth-order valence-electron chi connectivity index (χ4n) is 1.39. The monoisotopic (exact) mass is 288 g/mol. The van der Waals surface area contributed by atoms with Gasteiger partial charge in [0.15, 0.2) is 0 Å². The van der Waals surface area contributed by atoms with E-state index in [9.17, 15) is 8.42 Å². The number of sulfonamides is 1. The van der Waals surface area contributed by atoms with Crippen LogP contribution in [0.2, 0.25) is 0 Å². The van der Waals surface area contributed by atoms with Crippen LogP contribution >= 0.6 is 15.9 Å². The SMILES string of the molecule is CS(=O)(=O)Nc1cc(Br)c2cc[nH]c2c1. The Morgan fingerprint density at radius 3 is 2.80 bits per heavy atom. The Bertz CT molecular complexity index is 604. The molecule has 15 heavy (non-hydrogen) atoms. The van der Waals surface area contributed by atoms with E-state index in [1.54, 1.807) is 18.3 Å². The van der Waals surface area contributed by atoms with Gasteiger partial charge in [-0.15, -0.1) is 0 Å². The smallest absolute Gasteiger partial charge is 0.229 e. The molecule has 0 aliphatic carbocycles. The van der Waals surface area contributed by atoms with E-state index in [2.05, 4.69) is 25.6 Å². The van der Waals surface area contributed by atoms with E-state index in [1.807, 2.05) is 6.07 Å². The Morgan fingerprint density at radius 2 is 2.13 bits per heavy atom. The number of fused-ring (bicyclic) bond motifs is 1. The van der Waals surface area contributed by atoms with Gasteiger partial charge in [0.2, 0.25) is 10.0 Å². The van der Waals surface area contributed by atoms with Crippen LogP contribution in [0.15, 0.2) is 28.9 Å². The number of halogens is 1. The first-order valence-corrected chi connectivity index (χ1v) is 6.88. The summed E-state index contributed by atoms with van der Waals surface area (Å²) in [4.78, 5) is 3.02. The summed E-state index contributed by atoms with van der Waals surface area (Å²) >= 11 is 3.38. The zero-order valence-electron chi connectivity index (χ0n) is 7.91. The molecule has 0 aliphatic heterocycles. The topological polar surface area (TPSA) is 62.0 Å². The second kappa shape index (κ2) is 3.53. The highest BCUT2D eigenvalue weighted by Crippen LogP contribution is 2.27. The van der Waals surface area contributed by atoms with Gasteiger partial charge < -0.3 is 4.98 Å². The zero-order chi connectivity index (χ0) is 11.1. The van der Waals surface area contributed by atoms with E-state index >= 15 is 0 Å². The summed E-state index contributed by atoms with van der Waals surface area (Å²) in [5, 5.41) is 1.02. The van der Waals surface area contributed by atoms with E-state index in [4.69, 9.17) is 0 Å². The Balaban J connectivity index is 2.54. The molecule has 6 heteroatoms. The maximum Gasteiger partial charge on any atom is 0.229 e. The lowest BCUT2D eigenvalue weighted by atomic mass is 10.2. The highest BCUT2D eigenvalue weighted by molar-refractivity contribution is 9.10. The molecule has 4 nitrogen and oxygen atoms in total. The molecule has 0 atom stereocenters. The number of aromatic nitrogens is 1. The van der Waals surface area contributed by atoms with Gasteiger partial charge in [-0.2, -0.15) is 0 Å². The normalized spacial score (nSPS) is 11.9. The maximum atomic E-state index is 11.0. The quantitative estimate of drug-likeness (QED) is 0.891. The molecule has 2 aromatic rings. The second-order valence-electron chi connectivity index (χ2n) is 3.27. The molecule has 1 aromatic carbocycles. The Labute approximate surface area is 95.9 Å². The zero-order valence-corrected chi connectivity index (χ0v) is 10.3. The van der Waals surface area contributed by atoms with Crippen molar-refractivity contribution < 1.29 is 8.42 Å². The van der Waals surface area contributed by atoms with Crippen molar-refractivity contribution in [3.63, 3.8) is 0 Å². The summed E-state index contributed by atoms with van der Waals surface area (Å²) in [6.07, 6.45) is 2.93. The van der Waals surface area contributed by atoms with Crippen molar-refractivity contribution >= 4 is 42.5 Å². The number of anilines is 1. The van der Waals surface area contributed by atoms with Crippen LogP contribution in [0.1, 0.15) is 0 Å². The third kappa shape index (κ3) is 2.32. The largest absolute Gasteiger partial charge is 0.361 e. The minimum atomic E-state index is -3.23.